The molecule has 0 spiro atoms. The standard InChI is InChI=1S/C10H20N2O/c1-2-12-10(13)8-11-7-6-9-4-3-5-9/h9,11H,2-8H2,1H3,(H,12,13). The zero-order chi connectivity index (χ0) is 9.52. The van der Waals surface area contributed by atoms with E-state index in [1.165, 1.54) is 25.7 Å². The molecule has 2 N–H and O–H groups in total. The lowest BCUT2D eigenvalue weighted by atomic mass is 9.83. The first-order valence-electron chi connectivity index (χ1n) is 5.30. The molecular formula is C10H20N2O. The van der Waals surface area contributed by atoms with Gasteiger partial charge >= 0.3 is 0 Å². The van der Waals surface area contributed by atoms with Crippen molar-refractivity contribution in [3.05, 3.63) is 0 Å². The molecule has 0 aromatic carbocycles. The van der Waals surface area contributed by atoms with Gasteiger partial charge in [-0.15, -0.1) is 0 Å². The van der Waals surface area contributed by atoms with E-state index in [0.29, 0.717) is 6.54 Å². The van der Waals surface area contributed by atoms with E-state index in [1.54, 1.807) is 0 Å². The molecule has 0 aromatic rings. The lowest BCUT2D eigenvalue weighted by Gasteiger charge is -2.25. The molecule has 1 fully saturated rings. The Balaban J connectivity index is 1.85. The topological polar surface area (TPSA) is 41.1 Å². The highest BCUT2D eigenvalue weighted by Crippen LogP contribution is 2.28. The Morgan fingerprint density at radius 2 is 2.23 bits per heavy atom. The molecule has 1 saturated carbocycles. The molecule has 0 radical (unpaired) electrons. The number of hydrogen-bond donors (Lipinski definition) is 2. The Bertz CT molecular complexity index is 155. The zero-order valence-corrected chi connectivity index (χ0v) is 8.44. The summed E-state index contributed by atoms with van der Waals surface area (Å²) in [5.41, 5.74) is 0. The third kappa shape index (κ3) is 4.27. The number of rotatable bonds is 6. The zero-order valence-electron chi connectivity index (χ0n) is 8.44. The van der Waals surface area contributed by atoms with E-state index >= 15 is 0 Å². The summed E-state index contributed by atoms with van der Waals surface area (Å²) in [6.45, 7) is 4.12. The van der Waals surface area contributed by atoms with Gasteiger partial charge in [-0.05, 0) is 25.8 Å². The van der Waals surface area contributed by atoms with Gasteiger partial charge < -0.3 is 10.6 Å². The first-order valence-corrected chi connectivity index (χ1v) is 5.30. The van der Waals surface area contributed by atoms with Crippen LogP contribution in [0.5, 0.6) is 0 Å². The average molecular weight is 184 g/mol. The molecular weight excluding hydrogens is 164 g/mol. The number of likely N-dealkylation sites (N-methyl/N-ethyl adjacent to an activating group) is 1. The van der Waals surface area contributed by atoms with Crippen LogP contribution < -0.4 is 10.6 Å². The SMILES string of the molecule is CCNC(=O)CNCCC1CCC1. The molecule has 0 aromatic heterocycles. The third-order valence-corrected chi connectivity index (χ3v) is 2.61. The van der Waals surface area contributed by atoms with E-state index in [0.717, 1.165) is 19.0 Å². The molecule has 0 aliphatic heterocycles. The number of nitrogens with one attached hydrogen (secondary N) is 2. The summed E-state index contributed by atoms with van der Waals surface area (Å²) < 4.78 is 0. The van der Waals surface area contributed by atoms with Crippen molar-refractivity contribution >= 4 is 5.91 Å². The fraction of sp³-hybridized carbons (Fsp3) is 0.900. The van der Waals surface area contributed by atoms with Crippen LogP contribution in [0.1, 0.15) is 32.6 Å². The van der Waals surface area contributed by atoms with Crippen molar-refractivity contribution in [3.63, 3.8) is 0 Å². The minimum atomic E-state index is 0.108. The van der Waals surface area contributed by atoms with Crippen molar-refractivity contribution in [1.29, 1.82) is 0 Å². The lowest BCUT2D eigenvalue weighted by molar-refractivity contribution is -0.120. The molecule has 0 bridgehead atoms. The summed E-state index contributed by atoms with van der Waals surface area (Å²) in [5.74, 6) is 1.04. The molecule has 1 amide bonds. The van der Waals surface area contributed by atoms with Crippen LogP contribution in [-0.2, 0) is 4.79 Å². The lowest BCUT2D eigenvalue weighted by Crippen LogP contribution is -2.34. The van der Waals surface area contributed by atoms with Crippen molar-refractivity contribution in [2.45, 2.75) is 32.6 Å². The maximum Gasteiger partial charge on any atom is 0.233 e. The Morgan fingerprint density at radius 3 is 2.77 bits per heavy atom. The molecule has 1 aliphatic rings. The van der Waals surface area contributed by atoms with Crippen molar-refractivity contribution in [3.8, 4) is 0 Å². The first kappa shape index (κ1) is 10.5. The van der Waals surface area contributed by atoms with Crippen LogP contribution in [0.25, 0.3) is 0 Å². The van der Waals surface area contributed by atoms with E-state index in [-0.39, 0.29) is 5.91 Å². The summed E-state index contributed by atoms with van der Waals surface area (Å²) in [5, 5.41) is 5.92. The average Bonchev–Trinajstić information content (AvgIpc) is 2.01. The summed E-state index contributed by atoms with van der Waals surface area (Å²) >= 11 is 0. The quantitative estimate of drug-likeness (QED) is 0.602. The van der Waals surface area contributed by atoms with E-state index in [2.05, 4.69) is 10.6 Å². The Hall–Kier alpha value is -0.570. The summed E-state index contributed by atoms with van der Waals surface area (Å²) in [6, 6.07) is 0. The van der Waals surface area contributed by atoms with Gasteiger partial charge in [-0.2, -0.15) is 0 Å². The van der Waals surface area contributed by atoms with Gasteiger partial charge in [-0.25, -0.2) is 0 Å². The number of amides is 1. The minimum Gasteiger partial charge on any atom is -0.355 e. The maximum atomic E-state index is 11.0. The van der Waals surface area contributed by atoms with Gasteiger partial charge in [-0.1, -0.05) is 19.3 Å². The second-order valence-electron chi connectivity index (χ2n) is 3.72. The predicted octanol–water partition coefficient (Wildman–Crippen LogP) is 0.902. The fourth-order valence-corrected chi connectivity index (χ4v) is 1.55. The van der Waals surface area contributed by atoms with Crippen molar-refractivity contribution < 1.29 is 4.79 Å². The van der Waals surface area contributed by atoms with Gasteiger partial charge in [0, 0.05) is 6.54 Å². The van der Waals surface area contributed by atoms with Gasteiger partial charge in [0.1, 0.15) is 0 Å². The molecule has 1 aliphatic carbocycles. The fourth-order valence-electron chi connectivity index (χ4n) is 1.55. The Labute approximate surface area is 80.3 Å². The molecule has 3 nitrogen and oxygen atoms in total. The molecule has 0 unspecified atom stereocenters. The minimum absolute atomic E-state index is 0.108. The van der Waals surface area contributed by atoms with Crippen molar-refractivity contribution in [2.75, 3.05) is 19.6 Å². The summed E-state index contributed by atoms with van der Waals surface area (Å²) in [4.78, 5) is 11.0. The van der Waals surface area contributed by atoms with Crippen LogP contribution >= 0.6 is 0 Å². The van der Waals surface area contributed by atoms with E-state index in [1.807, 2.05) is 6.92 Å². The molecule has 76 valence electrons. The summed E-state index contributed by atoms with van der Waals surface area (Å²) in [7, 11) is 0. The smallest absolute Gasteiger partial charge is 0.233 e. The van der Waals surface area contributed by atoms with Crippen LogP contribution in [0.3, 0.4) is 0 Å². The largest absolute Gasteiger partial charge is 0.355 e. The summed E-state index contributed by atoms with van der Waals surface area (Å²) in [6.07, 6.45) is 5.42. The van der Waals surface area contributed by atoms with E-state index in [4.69, 9.17) is 0 Å². The molecule has 0 heterocycles. The van der Waals surface area contributed by atoms with E-state index < -0.39 is 0 Å². The molecule has 0 atom stereocenters. The van der Waals surface area contributed by atoms with Crippen LogP contribution in [0.4, 0.5) is 0 Å². The third-order valence-electron chi connectivity index (χ3n) is 2.61. The monoisotopic (exact) mass is 184 g/mol. The van der Waals surface area contributed by atoms with E-state index in [9.17, 15) is 4.79 Å². The number of hydrogen-bond acceptors (Lipinski definition) is 2. The highest BCUT2D eigenvalue weighted by Gasteiger charge is 2.16. The normalized spacial score (nSPS) is 16.7. The molecule has 1 rings (SSSR count). The van der Waals surface area contributed by atoms with Crippen LogP contribution in [0.15, 0.2) is 0 Å². The first-order chi connectivity index (χ1) is 6.33. The van der Waals surface area contributed by atoms with Gasteiger partial charge in [0.05, 0.1) is 6.54 Å². The Morgan fingerprint density at radius 1 is 1.46 bits per heavy atom. The predicted molar refractivity (Wildman–Crippen MR) is 53.5 cm³/mol. The van der Waals surface area contributed by atoms with Crippen LogP contribution in [0, 0.1) is 5.92 Å². The van der Waals surface area contributed by atoms with Gasteiger partial charge in [0.2, 0.25) is 5.91 Å². The van der Waals surface area contributed by atoms with Crippen molar-refractivity contribution in [2.24, 2.45) is 5.92 Å². The van der Waals surface area contributed by atoms with Crippen LogP contribution in [-0.4, -0.2) is 25.5 Å². The molecule has 13 heavy (non-hydrogen) atoms. The molecule has 0 saturated heterocycles. The maximum absolute atomic E-state index is 11.0. The van der Waals surface area contributed by atoms with Crippen LogP contribution in [0.2, 0.25) is 0 Å². The second-order valence-corrected chi connectivity index (χ2v) is 3.72. The second kappa shape index (κ2) is 5.97. The number of carbonyl (C=O) groups is 1. The van der Waals surface area contributed by atoms with Gasteiger partial charge in [-0.3, -0.25) is 4.79 Å². The number of carbonyl (C=O) groups excluding carboxylic acids is 1. The highest BCUT2D eigenvalue weighted by molar-refractivity contribution is 5.77. The van der Waals surface area contributed by atoms with Gasteiger partial charge in [0.15, 0.2) is 0 Å². The Kier molecular flexibility index (Phi) is 4.83. The van der Waals surface area contributed by atoms with Crippen molar-refractivity contribution in [1.82, 2.24) is 10.6 Å². The van der Waals surface area contributed by atoms with Gasteiger partial charge in [0.25, 0.3) is 0 Å². The molecule has 3 heteroatoms. The highest BCUT2D eigenvalue weighted by atomic mass is 16.1.